The van der Waals surface area contributed by atoms with Crippen molar-refractivity contribution in [3.63, 3.8) is 0 Å². The van der Waals surface area contributed by atoms with Crippen LogP contribution in [0.2, 0.25) is 0 Å². The van der Waals surface area contributed by atoms with Gasteiger partial charge in [0.05, 0.1) is 13.7 Å². The molecule has 0 aromatic rings. The molecule has 0 aromatic heterocycles. The molecule has 1 fully saturated rings. The van der Waals surface area contributed by atoms with Gasteiger partial charge in [0.25, 0.3) is 0 Å². The zero-order chi connectivity index (χ0) is 10.6. The van der Waals surface area contributed by atoms with Crippen molar-refractivity contribution >= 4 is 5.97 Å². The fraction of sp³-hybridized carbons (Fsp3) is 0.900. The maximum atomic E-state index is 11.2. The zero-order valence-electron chi connectivity index (χ0n) is 9.16. The number of ether oxygens (including phenoxy) is 2. The Bertz CT molecular complexity index is 194. The Balaban J connectivity index is 2.39. The topological polar surface area (TPSA) is 38.8 Å². The molecule has 1 rings (SSSR count). The third-order valence-corrected chi connectivity index (χ3v) is 2.24. The van der Waals surface area contributed by atoms with Gasteiger partial charge in [-0.25, -0.2) is 4.79 Å². The smallest absolute Gasteiger partial charge is 0.336 e. The molecule has 1 atom stereocenters. The highest BCUT2D eigenvalue weighted by atomic mass is 16.6. The molecule has 82 valence electrons. The summed E-state index contributed by atoms with van der Waals surface area (Å²) in [6, 6.07) is 0. The first kappa shape index (κ1) is 11.5. The fourth-order valence-electron chi connectivity index (χ4n) is 1.66. The Morgan fingerprint density at radius 1 is 1.64 bits per heavy atom. The molecular formula is C10H19NO3. The van der Waals surface area contributed by atoms with Gasteiger partial charge in [-0.05, 0) is 5.92 Å². The van der Waals surface area contributed by atoms with Crippen LogP contribution in [-0.2, 0) is 14.3 Å². The van der Waals surface area contributed by atoms with Gasteiger partial charge in [0.2, 0.25) is 0 Å². The van der Waals surface area contributed by atoms with Crippen LogP contribution in [0.3, 0.4) is 0 Å². The van der Waals surface area contributed by atoms with Crippen LogP contribution in [0.15, 0.2) is 0 Å². The van der Waals surface area contributed by atoms with Crippen LogP contribution in [-0.4, -0.2) is 50.3 Å². The number of carbonyl (C=O) groups excluding carboxylic acids is 1. The molecule has 0 radical (unpaired) electrons. The van der Waals surface area contributed by atoms with Crippen LogP contribution >= 0.6 is 0 Å². The lowest BCUT2D eigenvalue weighted by atomic mass is 10.2. The largest absolute Gasteiger partial charge is 0.467 e. The Hall–Kier alpha value is -0.610. The SMILES string of the molecule is COC(=O)C1CN(CC(C)C)CCO1. The predicted molar refractivity (Wildman–Crippen MR) is 53.0 cm³/mol. The van der Waals surface area contributed by atoms with E-state index in [4.69, 9.17) is 4.74 Å². The first-order valence-electron chi connectivity index (χ1n) is 5.05. The number of methoxy groups -OCH3 is 1. The summed E-state index contributed by atoms with van der Waals surface area (Å²) in [5.41, 5.74) is 0. The predicted octanol–water partition coefficient (Wildman–Crippen LogP) is 0.516. The highest BCUT2D eigenvalue weighted by molar-refractivity contribution is 5.74. The number of esters is 1. The fourth-order valence-corrected chi connectivity index (χ4v) is 1.66. The second-order valence-corrected chi connectivity index (χ2v) is 4.04. The second-order valence-electron chi connectivity index (χ2n) is 4.04. The van der Waals surface area contributed by atoms with Crippen molar-refractivity contribution in [1.82, 2.24) is 4.90 Å². The van der Waals surface area contributed by atoms with Crippen molar-refractivity contribution in [2.24, 2.45) is 5.92 Å². The normalized spacial score (nSPS) is 23.9. The van der Waals surface area contributed by atoms with Gasteiger partial charge >= 0.3 is 5.97 Å². The van der Waals surface area contributed by atoms with E-state index in [1.54, 1.807) is 0 Å². The molecule has 14 heavy (non-hydrogen) atoms. The van der Waals surface area contributed by atoms with Gasteiger partial charge in [0, 0.05) is 19.6 Å². The van der Waals surface area contributed by atoms with Crippen molar-refractivity contribution < 1.29 is 14.3 Å². The maximum absolute atomic E-state index is 11.2. The monoisotopic (exact) mass is 201 g/mol. The third-order valence-electron chi connectivity index (χ3n) is 2.24. The lowest BCUT2D eigenvalue weighted by Gasteiger charge is -2.32. The molecule has 0 saturated carbocycles. The average molecular weight is 201 g/mol. The summed E-state index contributed by atoms with van der Waals surface area (Å²) in [6.07, 6.45) is -0.396. The lowest BCUT2D eigenvalue weighted by molar-refractivity contribution is -0.159. The summed E-state index contributed by atoms with van der Waals surface area (Å²) < 4.78 is 9.98. The molecule has 1 heterocycles. The highest BCUT2D eigenvalue weighted by Gasteiger charge is 2.27. The highest BCUT2D eigenvalue weighted by Crippen LogP contribution is 2.08. The average Bonchev–Trinajstić information content (AvgIpc) is 2.16. The quantitative estimate of drug-likeness (QED) is 0.624. The van der Waals surface area contributed by atoms with Crippen LogP contribution in [0.5, 0.6) is 0 Å². The number of rotatable bonds is 3. The van der Waals surface area contributed by atoms with Gasteiger partial charge < -0.3 is 9.47 Å². The molecule has 0 spiro atoms. The van der Waals surface area contributed by atoms with Gasteiger partial charge in [-0.2, -0.15) is 0 Å². The van der Waals surface area contributed by atoms with Gasteiger partial charge in [0.15, 0.2) is 6.10 Å². The van der Waals surface area contributed by atoms with Gasteiger partial charge in [-0.1, -0.05) is 13.8 Å². The first-order valence-corrected chi connectivity index (χ1v) is 5.05. The Kier molecular flexibility index (Phi) is 4.35. The molecule has 1 aliphatic heterocycles. The Morgan fingerprint density at radius 3 is 2.93 bits per heavy atom. The van der Waals surface area contributed by atoms with Crippen LogP contribution in [0, 0.1) is 5.92 Å². The number of carbonyl (C=O) groups is 1. The van der Waals surface area contributed by atoms with Crippen LogP contribution in [0.1, 0.15) is 13.8 Å². The zero-order valence-corrected chi connectivity index (χ0v) is 9.16. The van der Waals surface area contributed by atoms with E-state index < -0.39 is 6.10 Å². The van der Waals surface area contributed by atoms with Gasteiger partial charge in [-0.15, -0.1) is 0 Å². The van der Waals surface area contributed by atoms with Gasteiger partial charge in [0.1, 0.15) is 0 Å². The van der Waals surface area contributed by atoms with Crippen LogP contribution < -0.4 is 0 Å². The standard InChI is InChI=1S/C10H19NO3/c1-8(2)6-11-4-5-14-9(7-11)10(12)13-3/h8-9H,4-7H2,1-3H3. The van der Waals surface area contributed by atoms with Crippen molar-refractivity contribution in [2.45, 2.75) is 20.0 Å². The summed E-state index contributed by atoms with van der Waals surface area (Å²) in [5.74, 6) is 0.352. The number of hydrogen-bond acceptors (Lipinski definition) is 4. The van der Waals surface area contributed by atoms with E-state index in [1.807, 2.05) is 0 Å². The lowest BCUT2D eigenvalue weighted by Crippen LogP contribution is -2.47. The van der Waals surface area contributed by atoms with E-state index in [-0.39, 0.29) is 5.97 Å². The van der Waals surface area contributed by atoms with E-state index in [0.29, 0.717) is 19.1 Å². The minimum atomic E-state index is -0.396. The van der Waals surface area contributed by atoms with E-state index in [9.17, 15) is 4.79 Å². The summed E-state index contributed by atoms with van der Waals surface area (Å²) in [5, 5.41) is 0. The molecule has 0 bridgehead atoms. The minimum Gasteiger partial charge on any atom is -0.467 e. The van der Waals surface area contributed by atoms with Crippen LogP contribution in [0.25, 0.3) is 0 Å². The van der Waals surface area contributed by atoms with Gasteiger partial charge in [-0.3, -0.25) is 4.90 Å². The summed E-state index contributed by atoms with van der Waals surface area (Å²) in [6.45, 7) is 7.53. The van der Waals surface area contributed by atoms with Crippen molar-refractivity contribution in [1.29, 1.82) is 0 Å². The summed E-state index contributed by atoms with van der Waals surface area (Å²) in [4.78, 5) is 13.5. The van der Waals surface area contributed by atoms with E-state index in [2.05, 4.69) is 23.5 Å². The molecular weight excluding hydrogens is 182 g/mol. The van der Waals surface area contributed by atoms with Crippen molar-refractivity contribution in [3.05, 3.63) is 0 Å². The molecule has 0 amide bonds. The number of hydrogen-bond donors (Lipinski definition) is 0. The van der Waals surface area contributed by atoms with Crippen molar-refractivity contribution in [2.75, 3.05) is 33.4 Å². The van der Waals surface area contributed by atoms with E-state index in [0.717, 1.165) is 13.1 Å². The Morgan fingerprint density at radius 2 is 2.36 bits per heavy atom. The Labute approximate surface area is 85.2 Å². The second kappa shape index (κ2) is 5.32. The molecule has 1 unspecified atom stereocenters. The molecule has 1 saturated heterocycles. The van der Waals surface area contributed by atoms with E-state index in [1.165, 1.54) is 7.11 Å². The number of morpholine rings is 1. The summed E-state index contributed by atoms with van der Waals surface area (Å²) in [7, 11) is 1.40. The van der Waals surface area contributed by atoms with Crippen LogP contribution in [0.4, 0.5) is 0 Å². The first-order chi connectivity index (χ1) is 6.63. The number of nitrogens with zero attached hydrogens (tertiary/aromatic N) is 1. The molecule has 0 aromatic carbocycles. The molecule has 1 aliphatic rings. The minimum absolute atomic E-state index is 0.265. The molecule has 4 nitrogen and oxygen atoms in total. The van der Waals surface area contributed by atoms with E-state index >= 15 is 0 Å². The maximum Gasteiger partial charge on any atom is 0.336 e. The molecule has 0 N–H and O–H groups in total. The molecule has 4 heteroatoms. The molecule has 0 aliphatic carbocycles. The van der Waals surface area contributed by atoms with Crippen molar-refractivity contribution in [3.8, 4) is 0 Å². The summed E-state index contributed by atoms with van der Waals surface area (Å²) >= 11 is 0. The third kappa shape index (κ3) is 3.27.